The maximum Gasteiger partial charge on any atom is 0.271 e. The van der Waals surface area contributed by atoms with Crippen molar-refractivity contribution in [2.75, 3.05) is 26.2 Å². The van der Waals surface area contributed by atoms with Crippen LogP contribution in [0.1, 0.15) is 35.0 Å². The second kappa shape index (κ2) is 9.81. The Bertz CT molecular complexity index is 1060. The second-order valence-electron chi connectivity index (χ2n) is 8.47. The molecule has 1 aliphatic heterocycles. The molecule has 6 heteroatoms. The second-order valence-corrected chi connectivity index (χ2v) is 8.47. The molecular formula is C26H30N4O2. The van der Waals surface area contributed by atoms with Crippen LogP contribution >= 0.6 is 0 Å². The molecule has 0 unspecified atom stereocenters. The molecule has 166 valence electrons. The van der Waals surface area contributed by atoms with Gasteiger partial charge in [0.1, 0.15) is 5.69 Å². The maximum absolute atomic E-state index is 13.5. The van der Waals surface area contributed by atoms with Crippen molar-refractivity contribution in [2.45, 2.75) is 26.7 Å². The summed E-state index contributed by atoms with van der Waals surface area (Å²) < 4.78 is 0. The topological polar surface area (TPSA) is 69.3 Å². The van der Waals surface area contributed by atoms with E-state index in [1.165, 1.54) is 5.56 Å². The Kier molecular flexibility index (Phi) is 6.69. The first kappa shape index (κ1) is 21.8. The van der Waals surface area contributed by atoms with E-state index in [1.807, 2.05) is 17.0 Å². The Balaban J connectivity index is 1.63. The van der Waals surface area contributed by atoms with Crippen LogP contribution in [0, 0.1) is 12.8 Å². The quantitative estimate of drug-likeness (QED) is 0.644. The van der Waals surface area contributed by atoms with Gasteiger partial charge >= 0.3 is 0 Å². The molecule has 0 aliphatic carbocycles. The van der Waals surface area contributed by atoms with E-state index < -0.39 is 0 Å². The van der Waals surface area contributed by atoms with E-state index in [1.54, 1.807) is 17.2 Å². The van der Waals surface area contributed by atoms with Crippen LogP contribution in [-0.2, 0) is 11.2 Å². The number of hydrogen-bond acceptors (Lipinski definition) is 3. The van der Waals surface area contributed by atoms with Crippen molar-refractivity contribution in [2.24, 2.45) is 5.92 Å². The summed E-state index contributed by atoms with van der Waals surface area (Å²) in [6, 6.07) is 18.4. The van der Waals surface area contributed by atoms with Crippen molar-refractivity contribution in [3.63, 3.8) is 0 Å². The van der Waals surface area contributed by atoms with E-state index >= 15 is 0 Å². The molecule has 1 saturated heterocycles. The van der Waals surface area contributed by atoms with E-state index in [9.17, 15) is 9.59 Å². The molecule has 3 aromatic rings. The molecule has 0 saturated carbocycles. The molecule has 1 aliphatic rings. The normalized spacial score (nSPS) is 16.8. The van der Waals surface area contributed by atoms with Crippen LogP contribution in [0.4, 0.5) is 0 Å². The summed E-state index contributed by atoms with van der Waals surface area (Å²) in [5, 5.41) is 6.67. The van der Waals surface area contributed by atoms with Crippen molar-refractivity contribution in [3.05, 3.63) is 77.6 Å². The van der Waals surface area contributed by atoms with Gasteiger partial charge in [0.2, 0.25) is 5.91 Å². The van der Waals surface area contributed by atoms with Crippen molar-refractivity contribution in [1.29, 1.82) is 0 Å². The standard InChI is InChI=1S/C26H30N4O2/c1-3-14-29-15-16-30(26(32)24-12-13-27-28-24)18-22(25(29)31)17-21-6-4-5-7-23(21)20-10-8-19(2)9-11-20/h4-13,22H,3,14-18H2,1-2H3,(H,27,28)/t22-/m0/s1. The highest BCUT2D eigenvalue weighted by Gasteiger charge is 2.33. The number of nitrogens with one attached hydrogen (secondary N) is 1. The SMILES string of the molecule is CCCN1CCN(C(=O)c2ccn[nH]2)C[C@H](Cc2ccccc2-c2ccc(C)cc2)C1=O. The van der Waals surface area contributed by atoms with Crippen molar-refractivity contribution < 1.29 is 9.59 Å². The Morgan fingerprint density at radius 3 is 2.59 bits per heavy atom. The number of aromatic amines is 1. The van der Waals surface area contributed by atoms with Gasteiger partial charge in [0.05, 0.1) is 5.92 Å². The third-order valence-corrected chi connectivity index (χ3v) is 6.10. The van der Waals surface area contributed by atoms with Crippen molar-refractivity contribution in [1.82, 2.24) is 20.0 Å². The van der Waals surface area contributed by atoms with Gasteiger partial charge in [0, 0.05) is 32.4 Å². The van der Waals surface area contributed by atoms with E-state index in [2.05, 4.69) is 60.4 Å². The number of H-pyrrole nitrogens is 1. The molecule has 4 rings (SSSR count). The lowest BCUT2D eigenvalue weighted by Gasteiger charge is -2.24. The molecule has 1 aromatic heterocycles. The van der Waals surface area contributed by atoms with Crippen LogP contribution in [0.15, 0.2) is 60.8 Å². The minimum Gasteiger partial charge on any atom is -0.341 e. The minimum absolute atomic E-state index is 0.106. The van der Waals surface area contributed by atoms with Crippen molar-refractivity contribution >= 4 is 11.8 Å². The van der Waals surface area contributed by atoms with E-state index in [4.69, 9.17) is 0 Å². The first-order chi connectivity index (χ1) is 15.6. The van der Waals surface area contributed by atoms with Crippen LogP contribution in [0.3, 0.4) is 0 Å². The lowest BCUT2D eigenvalue weighted by atomic mass is 9.91. The molecule has 2 aromatic carbocycles. The third kappa shape index (κ3) is 4.74. The monoisotopic (exact) mass is 430 g/mol. The average Bonchev–Trinajstić information content (AvgIpc) is 3.30. The fraction of sp³-hybridized carbons (Fsp3) is 0.346. The number of carbonyl (C=O) groups excluding carboxylic acids is 2. The number of carbonyl (C=O) groups is 2. The largest absolute Gasteiger partial charge is 0.341 e. The number of amides is 2. The van der Waals surface area contributed by atoms with Gasteiger partial charge in [-0.2, -0.15) is 5.10 Å². The number of hydrogen-bond donors (Lipinski definition) is 1. The number of nitrogens with zero attached hydrogens (tertiary/aromatic N) is 3. The summed E-state index contributed by atoms with van der Waals surface area (Å²) in [5.74, 6) is -0.265. The van der Waals surface area contributed by atoms with Gasteiger partial charge in [-0.1, -0.05) is 61.0 Å². The van der Waals surface area contributed by atoms with E-state index in [0.717, 1.165) is 23.1 Å². The number of benzene rings is 2. The minimum atomic E-state index is -0.289. The molecule has 32 heavy (non-hydrogen) atoms. The zero-order valence-corrected chi connectivity index (χ0v) is 18.8. The molecule has 6 nitrogen and oxygen atoms in total. The lowest BCUT2D eigenvalue weighted by molar-refractivity contribution is -0.134. The molecule has 0 radical (unpaired) electrons. The molecule has 2 heterocycles. The number of aryl methyl sites for hydroxylation is 1. The van der Waals surface area contributed by atoms with E-state index in [0.29, 0.717) is 38.3 Å². The van der Waals surface area contributed by atoms with Gasteiger partial charge in [-0.05, 0) is 42.5 Å². The van der Waals surface area contributed by atoms with Crippen LogP contribution in [-0.4, -0.2) is 58.0 Å². The van der Waals surface area contributed by atoms with Crippen LogP contribution in [0.2, 0.25) is 0 Å². The Labute approximate surface area is 189 Å². The smallest absolute Gasteiger partial charge is 0.271 e. The Morgan fingerprint density at radius 1 is 1.09 bits per heavy atom. The van der Waals surface area contributed by atoms with Gasteiger partial charge in [0.15, 0.2) is 0 Å². The maximum atomic E-state index is 13.5. The highest BCUT2D eigenvalue weighted by Crippen LogP contribution is 2.28. The highest BCUT2D eigenvalue weighted by atomic mass is 16.2. The summed E-state index contributed by atoms with van der Waals surface area (Å²) in [6.07, 6.45) is 3.07. The predicted octanol–water partition coefficient (Wildman–Crippen LogP) is 3.94. The van der Waals surface area contributed by atoms with Gasteiger partial charge < -0.3 is 9.80 Å². The van der Waals surface area contributed by atoms with Crippen LogP contribution in [0.25, 0.3) is 11.1 Å². The third-order valence-electron chi connectivity index (χ3n) is 6.10. The fourth-order valence-corrected chi connectivity index (χ4v) is 4.40. The molecule has 1 N–H and O–H groups in total. The van der Waals surface area contributed by atoms with Crippen LogP contribution < -0.4 is 0 Å². The van der Waals surface area contributed by atoms with Gasteiger partial charge in [-0.3, -0.25) is 14.7 Å². The zero-order valence-electron chi connectivity index (χ0n) is 18.8. The first-order valence-corrected chi connectivity index (χ1v) is 11.3. The van der Waals surface area contributed by atoms with Gasteiger partial charge in [-0.15, -0.1) is 0 Å². The number of rotatable bonds is 6. The molecule has 2 amide bonds. The lowest BCUT2D eigenvalue weighted by Crippen LogP contribution is -2.38. The van der Waals surface area contributed by atoms with Crippen molar-refractivity contribution in [3.8, 4) is 11.1 Å². The zero-order chi connectivity index (χ0) is 22.5. The summed E-state index contributed by atoms with van der Waals surface area (Å²) in [7, 11) is 0. The van der Waals surface area contributed by atoms with E-state index in [-0.39, 0.29) is 17.7 Å². The first-order valence-electron chi connectivity index (χ1n) is 11.3. The summed E-state index contributed by atoms with van der Waals surface area (Å²) in [4.78, 5) is 30.2. The molecule has 0 spiro atoms. The highest BCUT2D eigenvalue weighted by molar-refractivity contribution is 5.93. The van der Waals surface area contributed by atoms with Gasteiger partial charge in [0.25, 0.3) is 5.91 Å². The predicted molar refractivity (Wildman–Crippen MR) is 125 cm³/mol. The summed E-state index contributed by atoms with van der Waals surface area (Å²) in [5.41, 5.74) is 5.08. The van der Waals surface area contributed by atoms with Crippen LogP contribution in [0.5, 0.6) is 0 Å². The molecular weight excluding hydrogens is 400 g/mol. The molecule has 0 bridgehead atoms. The Hall–Kier alpha value is -3.41. The van der Waals surface area contributed by atoms with Gasteiger partial charge in [-0.25, -0.2) is 0 Å². The fourth-order valence-electron chi connectivity index (χ4n) is 4.40. The summed E-state index contributed by atoms with van der Waals surface area (Å²) >= 11 is 0. The molecule has 1 fully saturated rings. The molecule has 1 atom stereocenters. The average molecular weight is 431 g/mol. The number of aromatic nitrogens is 2. The summed E-state index contributed by atoms with van der Waals surface area (Å²) in [6.45, 7) is 6.35. The Morgan fingerprint density at radius 2 is 1.88 bits per heavy atom.